The number of para-hydroxylation sites is 1. The highest BCUT2D eigenvalue weighted by Gasteiger charge is 2.28. The molecule has 2 aromatic rings. The second kappa shape index (κ2) is 9.60. The zero-order valence-corrected chi connectivity index (χ0v) is 17.1. The van der Waals surface area contributed by atoms with E-state index in [2.05, 4.69) is 11.0 Å². The van der Waals surface area contributed by atoms with Gasteiger partial charge in [0.15, 0.2) is 0 Å². The first kappa shape index (κ1) is 20.2. The molecular formula is C23H30N2O3. The van der Waals surface area contributed by atoms with Gasteiger partial charge in [-0.3, -0.25) is 9.69 Å². The molecule has 0 saturated carbocycles. The summed E-state index contributed by atoms with van der Waals surface area (Å²) in [5, 5.41) is 0. The van der Waals surface area contributed by atoms with Crippen LogP contribution in [0.25, 0.3) is 0 Å². The Hall–Kier alpha value is -2.53. The van der Waals surface area contributed by atoms with Crippen LogP contribution in [0.4, 0.5) is 5.69 Å². The molecule has 1 heterocycles. The van der Waals surface area contributed by atoms with Gasteiger partial charge >= 0.3 is 0 Å². The number of piperidine rings is 1. The van der Waals surface area contributed by atoms with E-state index in [-0.39, 0.29) is 11.9 Å². The van der Waals surface area contributed by atoms with Crippen molar-refractivity contribution in [3.05, 3.63) is 54.1 Å². The molecule has 150 valence electrons. The molecule has 1 aliphatic heterocycles. The second-order valence-electron chi connectivity index (χ2n) is 7.14. The van der Waals surface area contributed by atoms with E-state index in [0.29, 0.717) is 6.42 Å². The standard InChI is InChI=1S/C23H30N2O3/c1-4-23(26)25(19-8-6-5-7-9-19)20-12-14-24(15-13-20)17-18-10-11-21(27-2)16-22(18)28-3/h5-11,16,20H,4,12-15,17H2,1-3H3. The molecule has 0 bridgehead atoms. The molecule has 1 saturated heterocycles. The van der Waals surface area contributed by atoms with E-state index in [4.69, 9.17) is 9.47 Å². The van der Waals surface area contributed by atoms with Crippen LogP contribution >= 0.6 is 0 Å². The number of hydrogen-bond donors (Lipinski definition) is 0. The first-order valence-corrected chi connectivity index (χ1v) is 9.96. The van der Waals surface area contributed by atoms with E-state index in [1.165, 1.54) is 0 Å². The van der Waals surface area contributed by atoms with Gasteiger partial charge < -0.3 is 14.4 Å². The third-order valence-corrected chi connectivity index (χ3v) is 5.42. The molecule has 1 amide bonds. The maximum Gasteiger partial charge on any atom is 0.226 e. The molecular weight excluding hydrogens is 352 g/mol. The van der Waals surface area contributed by atoms with Gasteiger partial charge in [0.05, 0.1) is 14.2 Å². The summed E-state index contributed by atoms with van der Waals surface area (Å²) in [6, 6.07) is 16.3. The summed E-state index contributed by atoms with van der Waals surface area (Å²) in [6.07, 6.45) is 2.47. The number of hydrogen-bond acceptors (Lipinski definition) is 4. The molecule has 1 aliphatic rings. The quantitative estimate of drug-likeness (QED) is 0.723. The van der Waals surface area contributed by atoms with Crippen LogP contribution in [0.1, 0.15) is 31.7 Å². The van der Waals surface area contributed by atoms with Crippen molar-refractivity contribution in [1.29, 1.82) is 0 Å². The molecule has 1 fully saturated rings. The molecule has 0 unspecified atom stereocenters. The monoisotopic (exact) mass is 382 g/mol. The smallest absolute Gasteiger partial charge is 0.226 e. The molecule has 0 spiro atoms. The van der Waals surface area contributed by atoms with Gasteiger partial charge in [-0.25, -0.2) is 0 Å². The fraction of sp³-hybridized carbons (Fsp3) is 0.435. The third kappa shape index (κ3) is 4.65. The van der Waals surface area contributed by atoms with Crippen LogP contribution in [0, 0.1) is 0 Å². The summed E-state index contributed by atoms with van der Waals surface area (Å²) in [6.45, 7) is 4.69. The minimum atomic E-state index is 0.196. The average molecular weight is 383 g/mol. The summed E-state index contributed by atoms with van der Waals surface area (Å²) in [7, 11) is 3.36. The molecule has 28 heavy (non-hydrogen) atoms. The number of anilines is 1. The predicted octanol–water partition coefficient (Wildman–Crippen LogP) is 4.11. The Kier molecular flexibility index (Phi) is 6.93. The number of carbonyl (C=O) groups excluding carboxylic acids is 1. The molecule has 0 N–H and O–H groups in total. The van der Waals surface area contributed by atoms with Crippen LogP contribution in [0.5, 0.6) is 11.5 Å². The Balaban J connectivity index is 1.66. The van der Waals surface area contributed by atoms with Crippen LogP contribution < -0.4 is 14.4 Å². The lowest BCUT2D eigenvalue weighted by Gasteiger charge is -2.38. The minimum Gasteiger partial charge on any atom is -0.497 e. The van der Waals surface area contributed by atoms with Crippen LogP contribution in [0.2, 0.25) is 0 Å². The zero-order chi connectivity index (χ0) is 19.9. The van der Waals surface area contributed by atoms with Crippen molar-refractivity contribution in [1.82, 2.24) is 4.90 Å². The molecule has 2 aromatic carbocycles. The van der Waals surface area contributed by atoms with Crippen molar-refractivity contribution in [2.24, 2.45) is 0 Å². The normalized spacial score (nSPS) is 15.2. The third-order valence-electron chi connectivity index (χ3n) is 5.42. The Labute approximate surface area is 167 Å². The largest absolute Gasteiger partial charge is 0.497 e. The fourth-order valence-electron chi connectivity index (χ4n) is 3.88. The number of benzene rings is 2. The SMILES string of the molecule is CCC(=O)N(c1ccccc1)C1CCN(Cc2ccc(OC)cc2OC)CC1. The van der Waals surface area contributed by atoms with Crippen LogP contribution in [-0.2, 0) is 11.3 Å². The molecule has 0 radical (unpaired) electrons. The minimum absolute atomic E-state index is 0.196. The molecule has 3 rings (SSSR count). The van der Waals surface area contributed by atoms with Gasteiger partial charge in [0.1, 0.15) is 11.5 Å². The summed E-state index contributed by atoms with van der Waals surface area (Å²) >= 11 is 0. The van der Waals surface area contributed by atoms with E-state index in [1.54, 1.807) is 14.2 Å². The summed E-state index contributed by atoms with van der Waals surface area (Å²) in [4.78, 5) is 17.0. The van der Waals surface area contributed by atoms with Crippen LogP contribution in [0.15, 0.2) is 48.5 Å². The van der Waals surface area contributed by atoms with E-state index in [0.717, 1.165) is 55.2 Å². The van der Waals surface area contributed by atoms with E-state index < -0.39 is 0 Å². The van der Waals surface area contributed by atoms with Crippen molar-refractivity contribution in [3.63, 3.8) is 0 Å². The van der Waals surface area contributed by atoms with E-state index in [1.807, 2.05) is 54.3 Å². The Bertz CT molecular complexity index is 771. The summed E-state index contributed by atoms with van der Waals surface area (Å²) < 4.78 is 10.8. The van der Waals surface area contributed by atoms with Gasteiger partial charge in [0, 0.05) is 49.4 Å². The van der Waals surface area contributed by atoms with Crippen molar-refractivity contribution in [3.8, 4) is 11.5 Å². The van der Waals surface area contributed by atoms with Crippen molar-refractivity contribution < 1.29 is 14.3 Å². The maximum atomic E-state index is 12.6. The van der Waals surface area contributed by atoms with Gasteiger partial charge in [-0.05, 0) is 31.0 Å². The number of carbonyl (C=O) groups is 1. The Morgan fingerprint density at radius 2 is 1.79 bits per heavy atom. The van der Waals surface area contributed by atoms with Crippen molar-refractivity contribution in [2.45, 2.75) is 38.8 Å². The number of likely N-dealkylation sites (tertiary alicyclic amines) is 1. The fourth-order valence-corrected chi connectivity index (χ4v) is 3.88. The lowest BCUT2D eigenvalue weighted by molar-refractivity contribution is -0.119. The molecule has 5 heteroatoms. The number of rotatable bonds is 7. The molecule has 0 atom stereocenters. The molecule has 5 nitrogen and oxygen atoms in total. The number of nitrogens with zero attached hydrogens (tertiary/aromatic N) is 2. The van der Waals surface area contributed by atoms with Crippen LogP contribution in [-0.4, -0.2) is 44.2 Å². The lowest BCUT2D eigenvalue weighted by Crippen LogP contribution is -2.47. The predicted molar refractivity (Wildman–Crippen MR) is 112 cm³/mol. The highest BCUT2D eigenvalue weighted by atomic mass is 16.5. The zero-order valence-electron chi connectivity index (χ0n) is 17.1. The van der Waals surface area contributed by atoms with Crippen molar-refractivity contribution >= 4 is 11.6 Å². The Morgan fingerprint density at radius 3 is 2.39 bits per heavy atom. The first-order chi connectivity index (χ1) is 13.7. The van der Waals surface area contributed by atoms with Crippen LogP contribution in [0.3, 0.4) is 0 Å². The van der Waals surface area contributed by atoms with Gasteiger partial charge in [0.25, 0.3) is 0 Å². The summed E-state index contributed by atoms with van der Waals surface area (Å²) in [5.74, 6) is 1.85. The lowest BCUT2D eigenvalue weighted by atomic mass is 10.0. The first-order valence-electron chi connectivity index (χ1n) is 9.96. The molecule has 0 aromatic heterocycles. The average Bonchev–Trinajstić information content (AvgIpc) is 2.76. The van der Waals surface area contributed by atoms with Gasteiger partial charge in [-0.1, -0.05) is 31.2 Å². The topological polar surface area (TPSA) is 42.0 Å². The van der Waals surface area contributed by atoms with Gasteiger partial charge in [0.2, 0.25) is 5.91 Å². The second-order valence-corrected chi connectivity index (χ2v) is 7.14. The highest BCUT2D eigenvalue weighted by Crippen LogP contribution is 2.28. The Morgan fingerprint density at radius 1 is 1.07 bits per heavy atom. The van der Waals surface area contributed by atoms with E-state index >= 15 is 0 Å². The maximum absolute atomic E-state index is 12.6. The van der Waals surface area contributed by atoms with Crippen molar-refractivity contribution in [2.75, 3.05) is 32.2 Å². The molecule has 0 aliphatic carbocycles. The van der Waals surface area contributed by atoms with Gasteiger partial charge in [-0.15, -0.1) is 0 Å². The van der Waals surface area contributed by atoms with E-state index in [9.17, 15) is 4.79 Å². The number of ether oxygens (including phenoxy) is 2. The van der Waals surface area contributed by atoms with Gasteiger partial charge in [-0.2, -0.15) is 0 Å². The number of amides is 1. The summed E-state index contributed by atoms with van der Waals surface area (Å²) in [5.41, 5.74) is 2.16. The number of methoxy groups -OCH3 is 2. The highest BCUT2D eigenvalue weighted by molar-refractivity contribution is 5.93.